The number of carboxylic acid groups (broad SMARTS) is 1. The van der Waals surface area contributed by atoms with Crippen LogP contribution in [0.1, 0.15) is 30.1 Å². The second-order valence-electron chi connectivity index (χ2n) is 5.20. The first kappa shape index (κ1) is 17.1. The van der Waals surface area contributed by atoms with Crippen molar-refractivity contribution in [2.24, 2.45) is 0 Å². The van der Waals surface area contributed by atoms with Crippen molar-refractivity contribution in [1.29, 1.82) is 0 Å². The van der Waals surface area contributed by atoms with Crippen molar-refractivity contribution < 1.29 is 19.8 Å². The molecule has 0 atom stereocenters. The van der Waals surface area contributed by atoms with Crippen LogP contribution in [0, 0.1) is 0 Å². The summed E-state index contributed by atoms with van der Waals surface area (Å²) in [5, 5.41) is 19.5. The van der Waals surface area contributed by atoms with Crippen LogP contribution in [0.5, 0.6) is 0 Å². The highest BCUT2D eigenvalue weighted by atomic mass is 35.5. The second kappa shape index (κ2) is 6.89. The van der Waals surface area contributed by atoms with Gasteiger partial charge < -0.3 is 15.1 Å². The Balaban J connectivity index is 2.15. The molecule has 1 aromatic rings. The molecule has 22 heavy (non-hydrogen) atoms. The number of carbonyl (C=O) groups excluding carboxylic acids is 1. The highest BCUT2D eigenvalue weighted by Crippen LogP contribution is 2.29. The topological polar surface area (TPSA) is 77.8 Å². The van der Waals surface area contributed by atoms with E-state index in [2.05, 4.69) is 0 Å². The van der Waals surface area contributed by atoms with E-state index in [9.17, 15) is 14.7 Å². The number of benzene rings is 1. The molecule has 0 radical (unpaired) electrons. The quantitative estimate of drug-likeness (QED) is 0.821. The molecule has 2 rings (SSSR count). The maximum Gasteiger partial charge on any atom is 0.335 e. The van der Waals surface area contributed by atoms with Crippen LogP contribution in [0.2, 0.25) is 5.02 Å². The summed E-state index contributed by atoms with van der Waals surface area (Å²) in [6.07, 6.45) is 0.0792. The molecule has 2 N–H and O–H groups in total. The molecule has 0 aliphatic carbocycles. The molecule has 1 amide bonds. The number of aliphatic hydroxyl groups is 1. The lowest BCUT2D eigenvalue weighted by atomic mass is 9.91. The number of thioether (sulfide) groups is 1. The number of carboxylic acids is 1. The Hall–Kier alpha value is -1.24. The molecule has 0 aromatic heterocycles. The van der Waals surface area contributed by atoms with E-state index < -0.39 is 11.6 Å². The highest BCUT2D eigenvalue weighted by Gasteiger charge is 2.40. The third kappa shape index (κ3) is 3.56. The van der Waals surface area contributed by atoms with Crippen LogP contribution in [0.25, 0.3) is 0 Å². The van der Waals surface area contributed by atoms with Gasteiger partial charge in [-0.15, -0.1) is 11.8 Å². The van der Waals surface area contributed by atoms with Gasteiger partial charge in [-0.1, -0.05) is 18.5 Å². The number of halogens is 1. The van der Waals surface area contributed by atoms with Gasteiger partial charge in [-0.05, 0) is 24.0 Å². The average Bonchev–Trinajstić information content (AvgIpc) is 2.48. The van der Waals surface area contributed by atoms with Crippen molar-refractivity contribution in [2.45, 2.75) is 30.3 Å². The van der Waals surface area contributed by atoms with Crippen LogP contribution < -0.4 is 0 Å². The van der Waals surface area contributed by atoms with Crippen molar-refractivity contribution >= 4 is 35.2 Å². The summed E-state index contributed by atoms with van der Waals surface area (Å²) in [7, 11) is 0. The fraction of sp³-hybridized carbons (Fsp3) is 0.467. The zero-order valence-electron chi connectivity index (χ0n) is 12.2. The summed E-state index contributed by atoms with van der Waals surface area (Å²) in [6.45, 7) is 2.44. The van der Waals surface area contributed by atoms with Crippen molar-refractivity contribution in [1.82, 2.24) is 4.90 Å². The third-order valence-corrected chi connectivity index (χ3v) is 4.92. The molecule has 1 aliphatic heterocycles. The molecular formula is C15H18ClNO4S. The minimum absolute atomic E-state index is 0.0396. The molecule has 120 valence electrons. The van der Waals surface area contributed by atoms with E-state index in [1.165, 1.54) is 11.8 Å². The second-order valence-corrected chi connectivity index (χ2v) is 6.94. The van der Waals surface area contributed by atoms with Crippen LogP contribution >= 0.6 is 23.4 Å². The van der Waals surface area contributed by atoms with E-state index in [-0.39, 0.29) is 31.8 Å². The number of likely N-dealkylation sites (tertiary alicyclic amines) is 1. The van der Waals surface area contributed by atoms with Gasteiger partial charge in [0.15, 0.2) is 5.60 Å². The van der Waals surface area contributed by atoms with Gasteiger partial charge in [-0.25, -0.2) is 4.79 Å². The number of amides is 1. The van der Waals surface area contributed by atoms with Gasteiger partial charge in [-0.2, -0.15) is 0 Å². The Labute approximate surface area is 138 Å². The molecule has 0 unspecified atom stereocenters. The van der Waals surface area contributed by atoms with E-state index in [1.54, 1.807) is 23.1 Å². The molecule has 1 saturated heterocycles. The number of piperidine rings is 1. The number of rotatable bonds is 4. The first-order chi connectivity index (χ1) is 10.4. The molecular weight excluding hydrogens is 326 g/mol. The SMILES string of the molecule is CCSc1cc(Cl)ccc1C(=O)N1CCC(O)(C(=O)O)CC1. The number of hydrogen-bond donors (Lipinski definition) is 2. The van der Waals surface area contributed by atoms with Crippen molar-refractivity contribution in [2.75, 3.05) is 18.8 Å². The Kier molecular flexibility index (Phi) is 5.36. The van der Waals surface area contributed by atoms with Crippen LogP contribution in [0.4, 0.5) is 0 Å². The standard InChI is InChI=1S/C15H18ClNO4S/c1-2-22-12-9-10(16)3-4-11(12)13(18)17-7-5-15(21,6-8-17)14(19)20/h3-4,9,21H,2,5-8H2,1H3,(H,19,20). The van der Waals surface area contributed by atoms with Gasteiger partial charge in [0, 0.05) is 35.8 Å². The largest absolute Gasteiger partial charge is 0.479 e. The molecule has 0 bridgehead atoms. The van der Waals surface area contributed by atoms with E-state index >= 15 is 0 Å². The van der Waals surface area contributed by atoms with Gasteiger partial charge >= 0.3 is 5.97 Å². The monoisotopic (exact) mass is 343 g/mol. The Morgan fingerprint density at radius 1 is 1.36 bits per heavy atom. The summed E-state index contributed by atoms with van der Waals surface area (Å²) in [6, 6.07) is 5.13. The zero-order valence-corrected chi connectivity index (χ0v) is 13.8. The molecule has 1 fully saturated rings. The number of hydrogen-bond acceptors (Lipinski definition) is 4. The van der Waals surface area contributed by atoms with Crippen molar-refractivity contribution in [3.8, 4) is 0 Å². The molecule has 5 nitrogen and oxygen atoms in total. The zero-order chi connectivity index (χ0) is 16.3. The smallest absolute Gasteiger partial charge is 0.335 e. The fourth-order valence-corrected chi connectivity index (χ4v) is 3.48. The van der Waals surface area contributed by atoms with Gasteiger partial charge in [0.05, 0.1) is 5.56 Å². The number of nitrogens with zero attached hydrogens (tertiary/aromatic N) is 1. The maximum atomic E-state index is 12.6. The molecule has 7 heteroatoms. The van der Waals surface area contributed by atoms with E-state index in [1.807, 2.05) is 6.92 Å². The van der Waals surface area contributed by atoms with E-state index in [0.29, 0.717) is 10.6 Å². The summed E-state index contributed by atoms with van der Waals surface area (Å²) < 4.78 is 0. The molecule has 1 heterocycles. The average molecular weight is 344 g/mol. The normalized spacial score (nSPS) is 17.3. The highest BCUT2D eigenvalue weighted by molar-refractivity contribution is 7.99. The maximum absolute atomic E-state index is 12.6. The summed E-state index contributed by atoms with van der Waals surface area (Å²) in [5.74, 6) is -0.562. The van der Waals surface area contributed by atoms with Crippen LogP contribution in [0.3, 0.4) is 0 Å². The van der Waals surface area contributed by atoms with Gasteiger partial charge in [0.25, 0.3) is 5.91 Å². The predicted octanol–water partition coefficient (Wildman–Crippen LogP) is 2.50. The predicted molar refractivity (Wildman–Crippen MR) is 85.6 cm³/mol. The Morgan fingerprint density at radius 2 is 2.00 bits per heavy atom. The third-order valence-electron chi connectivity index (χ3n) is 3.75. The lowest BCUT2D eigenvalue weighted by molar-refractivity contribution is -0.162. The first-order valence-corrected chi connectivity index (χ1v) is 8.41. The molecule has 1 aliphatic rings. The summed E-state index contributed by atoms with van der Waals surface area (Å²) in [5.41, 5.74) is -1.16. The summed E-state index contributed by atoms with van der Waals surface area (Å²) in [4.78, 5) is 26.1. The minimum Gasteiger partial charge on any atom is -0.479 e. The summed E-state index contributed by atoms with van der Waals surface area (Å²) >= 11 is 7.52. The van der Waals surface area contributed by atoms with Gasteiger partial charge in [0.1, 0.15) is 0 Å². The lowest BCUT2D eigenvalue weighted by Gasteiger charge is -2.35. The number of aliphatic carboxylic acids is 1. The van der Waals surface area contributed by atoms with Crippen molar-refractivity contribution in [3.05, 3.63) is 28.8 Å². The van der Waals surface area contributed by atoms with Crippen molar-refractivity contribution in [3.63, 3.8) is 0 Å². The van der Waals surface area contributed by atoms with Gasteiger partial charge in [0.2, 0.25) is 0 Å². The Bertz CT molecular complexity index is 585. The first-order valence-electron chi connectivity index (χ1n) is 7.05. The molecule has 1 aromatic carbocycles. The van der Waals surface area contributed by atoms with Crippen LogP contribution in [0.15, 0.2) is 23.1 Å². The minimum atomic E-state index is -1.72. The fourth-order valence-electron chi connectivity index (χ4n) is 2.41. The van der Waals surface area contributed by atoms with E-state index in [0.717, 1.165) is 10.6 Å². The van der Waals surface area contributed by atoms with E-state index in [4.69, 9.17) is 16.7 Å². The Morgan fingerprint density at radius 3 is 2.55 bits per heavy atom. The molecule has 0 saturated carbocycles. The lowest BCUT2D eigenvalue weighted by Crippen LogP contribution is -2.50. The van der Waals surface area contributed by atoms with Gasteiger partial charge in [-0.3, -0.25) is 4.79 Å². The molecule has 0 spiro atoms. The number of carbonyl (C=O) groups is 2. The van der Waals surface area contributed by atoms with Crippen LogP contribution in [-0.2, 0) is 4.79 Å². The van der Waals surface area contributed by atoms with Crippen LogP contribution in [-0.4, -0.2) is 51.4 Å².